The largest absolute Gasteiger partial charge is 0.542 e. The Balaban J connectivity index is 0.000000333. The summed E-state index contributed by atoms with van der Waals surface area (Å²) in [4.78, 5) is 58.3. The molecule has 1 aliphatic rings. The van der Waals surface area contributed by atoms with Gasteiger partial charge in [-0.25, -0.2) is 34.5 Å². The van der Waals surface area contributed by atoms with E-state index in [1.807, 2.05) is 45.2 Å². The Kier molecular flexibility index (Phi) is 28.5. The zero-order valence-corrected chi connectivity index (χ0v) is 56.5. The molecule has 5 aromatic rings. The first kappa shape index (κ1) is 69.2. The van der Waals surface area contributed by atoms with Gasteiger partial charge in [0, 0.05) is 19.5 Å². The molecule has 6 rings (SSSR count). The molecule has 0 amide bonds. The average Bonchev–Trinajstić information content (AvgIpc) is 3.85. The maximum absolute atomic E-state index is 11.8. The summed E-state index contributed by atoms with van der Waals surface area (Å²) in [5.74, 6) is 0.828. The van der Waals surface area contributed by atoms with Gasteiger partial charge in [0.1, 0.15) is 63.6 Å². The summed E-state index contributed by atoms with van der Waals surface area (Å²) < 4.78 is 35.8. The van der Waals surface area contributed by atoms with Gasteiger partial charge >= 0.3 is 11.9 Å². The van der Waals surface area contributed by atoms with Crippen molar-refractivity contribution in [3.8, 4) is 28.7 Å². The number of carbonyl (C=O) groups is 3. The monoisotopic (exact) mass is 1420 g/mol. The minimum absolute atomic E-state index is 0.0491. The highest BCUT2D eigenvalue weighted by Crippen LogP contribution is 2.39. The summed E-state index contributed by atoms with van der Waals surface area (Å²) in [7, 11) is 6.52. The van der Waals surface area contributed by atoms with Gasteiger partial charge < -0.3 is 47.8 Å². The van der Waals surface area contributed by atoms with Crippen LogP contribution in [-0.4, -0.2) is 142 Å². The zero-order chi connectivity index (χ0) is 58.6. The van der Waals surface area contributed by atoms with Gasteiger partial charge in [0.2, 0.25) is 0 Å². The van der Waals surface area contributed by atoms with Crippen molar-refractivity contribution >= 4 is 115 Å². The fraction of sp³-hybridized carbons (Fsp3) is 0.462. The number of nitrogens with zero attached hydrogens (tertiary/aromatic N) is 7. The number of hydrogen-bond donors (Lipinski definition) is 2. The first-order valence-corrected chi connectivity index (χ1v) is 33.6. The highest BCUT2D eigenvalue weighted by molar-refractivity contribution is 9.11. The van der Waals surface area contributed by atoms with Crippen LogP contribution >= 0.6 is 79.6 Å². The highest BCUT2D eigenvalue weighted by atomic mass is 79.9. The van der Waals surface area contributed by atoms with Crippen molar-refractivity contribution in [3.05, 3.63) is 112 Å². The minimum Gasteiger partial charge on any atom is -0.542 e. The third-order valence-corrected chi connectivity index (χ3v) is 22.5. The smallest absolute Gasteiger partial charge is 0.360 e. The van der Waals surface area contributed by atoms with Gasteiger partial charge in [-0.2, -0.15) is 0 Å². The van der Waals surface area contributed by atoms with Crippen LogP contribution in [0.4, 0.5) is 0 Å². The van der Waals surface area contributed by atoms with E-state index < -0.39 is 28.6 Å². The molecular weight excluding hydrogens is 1350 g/mol. The van der Waals surface area contributed by atoms with E-state index in [0.717, 1.165) is 46.5 Å². The van der Waals surface area contributed by atoms with E-state index in [2.05, 4.69) is 182 Å². The Morgan fingerprint density at radius 1 is 0.610 bits per heavy atom. The van der Waals surface area contributed by atoms with E-state index in [1.54, 1.807) is 36.4 Å². The Morgan fingerprint density at radius 3 is 1.48 bits per heavy atom. The van der Waals surface area contributed by atoms with Crippen molar-refractivity contribution in [3.63, 3.8) is 0 Å². The predicted octanol–water partition coefficient (Wildman–Crippen LogP) is 13.1. The van der Waals surface area contributed by atoms with E-state index in [9.17, 15) is 19.5 Å². The van der Waals surface area contributed by atoms with Crippen molar-refractivity contribution in [2.75, 3.05) is 55.6 Å². The standard InChI is InChI=1S/C13H20BrNO3Si.C12H17BrN2O2.C12H18BrNO2Si.C8H11BrN2O.C7H6BrNO3/c1-13(2,3)19(5,6)18-9-7-8-10(14)15-11(9)12(16)17-4;1-15(2)7-10-11(3-4-12(13)14-10)17-9-5-6-16-8-9;1-12(2,3)17(4,5)16-10-6-7-11(13)14-9(10)8-15;1-11(2)5-6-7(12)3-4-8(9)10-6;1-12-7(11)6-4(10)2-3-5(8)9-6/h7-8H,1-6H3;3-4,9H,5-8H2,1-2H3;6-8H,1-5H3;3-4,12H,5H2,1-2H3;2-3,10H,1H3/t;9-;;;/m.1.../s1. The molecule has 0 bridgehead atoms. The lowest BCUT2D eigenvalue weighted by Crippen LogP contribution is -2.44. The van der Waals surface area contributed by atoms with Gasteiger partial charge in [0.15, 0.2) is 17.7 Å². The molecule has 0 spiro atoms. The van der Waals surface area contributed by atoms with Crippen LogP contribution in [0, 0.1) is 0 Å². The van der Waals surface area contributed by atoms with E-state index in [-0.39, 0.29) is 39.1 Å². The van der Waals surface area contributed by atoms with Crippen LogP contribution in [0.2, 0.25) is 36.3 Å². The summed E-state index contributed by atoms with van der Waals surface area (Å²) in [6.45, 7) is 24.3. The molecule has 1 atom stereocenters. The van der Waals surface area contributed by atoms with E-state index in [0.29, 0.717) is 49.8 Å². The molecule has 18 nitrogen and oxygen atoms in total. The second kappa shape index (κ2) is 31.8. The summed E-state index contributed by atoms with van der Waals surface area (Å²) in [5, 5.41) is 18.7. The van der Waals surface area contributed by atoms with Crippen molar-refractivity contribution in [1.29, 1.82) is 0 Å². The van der Waals surface area contributed by atoms with Crippen LogP contribution in [0.1, 0.15) is 90.8 Å². The highest BCUT2D eigenvalue weighted by Gasteiger charge is 2.41. The normalized spacial score (nSPS) is 13.3. The number of halogens is 5. The van der Waals surface area contributed by atoms with Crippen LogP contribution in [-0.2, 0) is 27.3 Å². The predicted molar refractivity (Wildman–Crippen MR) is 321 cm³/mol. The molecule has 424 valence electrons. The molecule has 0 aromatic carbocycles. The van der Waals surface area contributed by atoms with Gasteiger partial charge in [-0.15, -0.1) is 0 Å². The number of pyridine rings is 5. The van der Waals surface area contributed by atoms with Crippen LogP contribution < -0.4 is 13.6 Å². The molecule has 2 N–H and O–H groups in total. The van der Waals surface area contributed by atoms with E-state index in [1.165, 1.54) is 26.4 Å². The lowest BCUT2D eigenvalue weighted by molar-refractivity contribution is 0.0581. The lowest BCUT2D eigenvalue weighted by Gasteiger charge is -2.36. The van der Waals surface area contributed by atoms with Gasteiger partial charge in [-0.05, 0) is 205 Å². The van der Waals surface area contributed by atoms with Crippen molar-refractivity contribution in [2.45, 2.75) is 103 Å². The zero-order valence-electron chi connectivity index (χ0n) is 46.6. The molecule has 25 heteroatoms. The molecule has 5 aromatic heterocycles. The first-order chi connectivity index (χ1) is 35.6. The summed E-state index contributed by atoms with van der Waals surface area (Å²) >= 11 is 16.2. The number of methoxy groups -OCH3 is 2. The Labute approximate surface area is 497 Å². The molecule has 1 saturated heterocycles. The molecule has 6 heterocycles. The maximum Gasteiger partial charge on any atom is 0.360 e. The van der Waals surface area contributed by atoms with E-state index in [4.69, 9.17) is 28.2 Å². The lowest BCUT2D eigenvalue weighted by atomic mass is 10.2. The first-order valence-electron chi connectivity index (χ1n) is 23.9. The SMILES string of the molecule is CC(C)(C)[Si](C)(C)Oc1ccc(Br)nc1C=O.CN(C)Cc1nc(Br)ccc1O.CN(C)Cc1nc(Br)ccc1O[C@@H]1CCOC1.COC(=O)c1nc(Br)ccc1O.COC(=O)c1nc(Br)ccc1O[Si](C)(C)C(C)(C)C. The number of aldehydes is 1. The third-order valence-electron chi connectivity index (χ3n) is 11.7. The summed E-state index contributed by atoms with van der Waals surface area (Å²) in [6.07, 6.45) is 1.85. The molecule has 0 unspecified atom stereocenters. The second-order valence-corrected chi connectivity index (χ2v) is 34.1. The number of rotatable bonds is 13. The van der Waals surface area contributed by atoms with Crippen molar-refractivity contribution < 1.29 is 52.4 Å². The number of hydrogen-bond acceptors (Lipinski definition) is 18. The minimum atomic E-state index is -2.02. The average molecular weight is 1430 g/mol. The van der Waals surface area contributed by atoms with Gasteiger partial charge in [-0.1, -0.05) is 41.5 Å². The maximum atomic E-state index is 11.8. The molecule has 1 aliphatic heterocycles. The molecule has 0 radical (unpaired) electrons. The Morgan fingerprint density at radius 2 is 1.01 bits per heavy atom. The molecule has 0 aliphatic carbocycles. The topological polar surface area (TPSA) is 218 Å². The van der Waals surface area contributed by atoms with Crippen molar-refractivity contribution in [1.82, 2.24) is 34.7 Å². The summed E-state index contributed by atoms with van der Waals surface area (Å²) in [5.41, 5.74) is 2.11. The fourth-order valence-electron chi connectivity index (χ4n) is 5.54. The van der Waals surface area contributed by atoms with E-state index >= 15 is 0 Å². The van der Waals surface area contributed by atoms with Gasteiger partial charge in [-0.3, -0.25) is 4.79 Å². The molecule has 77 heavy (non-hydrogen) atoms. The molecular formula is C52H72Br5N7O11Si2. The number of carbonyl (C=O) groups excluding carboxylic acids is 3. The molecule has 0 saturated carbocycles. The Bertz CT molecular complexity index is 2720. The van der Waals surface area contributed by atoms with Gasteiger partial charge in [0.25, 0.3) is 16.6 Å². The second-order valence-electron chi connectivity index (χ2n) is 20.6. The third kappa shape index (κ3) is 23.7. The number of aromatic hydroxyl groups is 2. The fourth-order valence-corrected chi connectivity index (χ4v) is 9.22. The van der Waals surface area contributed by atoms with Gasteiger partial charge in [0.05, 0.1) is 38.8 Å². The van der Waals surface area contributed by atoms with Crippen LogP contribution in [0.25, 0.3) is 0 Å². The van der Waals surface area contributed by atoms with Crippen LogP contribution in [0.5, 0.6) is 28.7 Å². The summed E-state index contributed by atoms with van der Waals surface area (Å²) in [6, 6.07) is 17.2. The number of ether oxygens (including phenoxy) is 4. The molecule has 1 fully saturated rings. The number of aromatic nitrogens is 5. The quantitative estimate of drug-likeness (QED) is 0.0485. The Hall–Kier alpha value is -3.93. The number of esters is 2. The van der Waals surface area contributed by atoms with Crippen LogP contribution in [0.15, 0.2) is 83.7 Å². The van der Waals surface area contributed by atoms with Crippen molar-refractivity contribution in [2.24, 2.45) is 0 Å². The van der Waals surface area contributed by atoms with Crippen LogP contribution in [0.3, 0.4) is 0 Å².